The number of rotatable bonds is 4. The summed E-state index contributed by atoms with van der Waals surface area (Å²) in [5.41, 5.74) is -0.325. The average Bonchev–Trinajstić information content (AvgIpc) is 2.25. The Labute approximate surface area is 125 Å². The molecule has 9 heteroatoms. The number of sulfonamides is 1. The number of nitrogens with zero attached hydrogens (tertiary/aromatic N) is 1. The van der Waals surface area contributed by atoms with Gasteiger partial charge < -0.3 is 10.2 Å². The lowest BCUT2D eigenvalue weighted by atomic mass is 10.1. The fraction of sp³-hybridized carbons (Fsp3) is 0.364. The highest BCUT2D eigenvalue weighted by molar-refractivity contribution is 7.89. The summed E-state index contributed by atoms with van der Waals surface area (Å²) >= 11 is 11.6. The molecule has 20 heavy (non-hydrogen) atoms. The van der Waals surface area contributed by atoms with Gasteiger partial charge in [0, 0.05) is 25.6 Å². The van der Waals surface area contributed by atoms with Gasteiger partial charge in [-0.05, 0) is 12.1 Å². The maximum atomic E-state index is 12.3. The number of hydrogen-bond donors (Lipinski definition) is 2. The summed E-state index contributed by atoms with van der Waals surface area (Å²) < 4.78 is 25.7. The van der Waals surface area contributed by atoms with Gasteiger partial charge in [-0.1, -0.05) is 23.2 Å². The minimum absolute atomic E-state index is 0.0965. The van der Waals surface area contributed by atoms with Crippen LogP contribution in [0.25, 0.3) is 0 Å². The first-order chi connectivity index (χ1) is 9.27. The predicted molar refractivity (Wildman–Crippen MR) is 72.8 cm³/mol. The summed E-state index contributed by atoms with van der Waals surface area (Å²) in [7, 11) is -3.88. The zero-order chi connectivity index (χ0) is 15.1. The summed E-state index contributed by atoms with van der Waals surface area (Å²) in [6.45, 7) is 0.265. The molecule has 1 aromatic carbocycles. The number of aliphatic hydroxyl groups is 1. The van der Waals surface area contributed by atoms with Crippen molar-refractivity contribution in [1.29, 1.82) is 0 Å². The molecule has 0 aromatic heterocycles. The van der Waals surface area contributed by atoms with E-state index in [2.05, 4.69) is 0 Å². The number of benzene rings is 1. The van der Waals surface area contributed by atoms with Crippen molar-refractivity contribution in [1.82, 2.24) is 4.31 Å². The van der Waals surface area contributed by atoms with Crippen molar-refractivity contribution in [2.75, 3.05) is 19.7 Å². The zero-order valence-corrected chi connectivity index (χ0v) is 12.4. The molecule has 1 aliphatic rings. The van der Waals surface area contributed by atoms with E-state index in [0.717, 1.165) is 16.4 Å². The topological polar surface area (TPSA) is 94.9 Å². The number of aromatic carboxylic acids is 1. The third-order valence-electron chi connectivity index (χ3n) is 3.05. The van der Waals surface area contributed by atoms with Crippen molar-refractivity contribution >= 4 is 39.2 Å². The average molecular weight is 340 g/mol. The second-order valence-corrected chi connectivity index (χ2v) is 7.16. The third kappa shape index (κ3) is 2.64. The highest BCUT2D eigenvalue weighted by Crippen LogP contribution is 2.33. The largest absolute Gasteiger partial charge is 0.478 e. The van der Waals surface area contributed by atoms with Gasteiger partial charge in [0.2, 0.25) is 10.0 Å². The van der Waals surface area contributed by atoms with E-state index in [4.69, 9.17) is 33.4 Å². The van der Waals surface area contributed by atoms with Crippen LogP contribution in [0.2, 0.25) is 10.0 Å². The van der Waals surface area contributed by atoms with Crippen molar-refractivity contribution < 1.29 is 23.4 Å². The molecule has 0 aliphatic carbocycles. The molecule has 1 fully saturated rings. The number of halogens is 2. The van der Waals surface area contributed by atoms with Crippen LogP contribution >= 0.6 is 23.2 Å². The molecule has 0 amide bonds. The van der Waals surface area contributed by atoms with Crippen LogP contribution in [0.1, 0.15) is 10.4 Å². The van der Waals surface area contributed by atoms with E-state index in [1.807, 2.05) is 0 Å². The number of hydrogen-bond acceptors (Lipinski definition) is 4. The Kier molecular flexibility index (Phi) is 4.27. The summed E-state index contributed by atoms with van der Waals surface area (Å²) in [5, 5.41) is 17.6. The van der Waals surface area contributed by atoms with E-state index < -0.39 is 16.0 Å². The fourth-order valence-electron chi connectivity index (χ4n) is 1.86. The first-order valence-electron chi connectivity index (χ1n) is 5.60. The molecule has 1 heterocycles. The highest BCUT2D eigenvalue weighted by Gasteiger charge is 2.37. The van der Waals surface area contributed by atoms with Gasteiger partial charge in [0.15, 0.2) is 0 Å². The molecular formula is C11H11Cl2NO5S. The molecule has 0 spiro atoms. The molecule has 0 atom stereocenters. The monoisotopic (exact) mass is 339 g/mol. The Morgan fingerprint density at radius 2 is 1.90 bits per heavy atom. The van der Waals surface area contributed by atoms with Gasteiger partial charge in [-0.25, -0.2) is 13.2 Å². The fourth-order valence-corrected chi connectivity index (χ4v) is 4.28. The Balaban J connectivity index is 2.42. The maximum absolute atomic E-state index is 12.3. The van der Waals surface area contributed by atoms with Gasteiger partial charge in [0.1, 0.15) is 4.90 Å². The van der Waals surface area contributed by atoms with E-state index in [1.54, 1.807) is 0 Å². The zero-order valence-electron chi connectivity index (χ0n) is 10.1. The molecule has 1 aliphatic heterocycles. The van der Waals surface area contributed by atoms with E-state index in [-0.39, 0.29) is 46.1 Å². The second kappa shape index (κ2) is 5.50. The minimum Gasteiger partial charge on any atom is -0.478 e. The first kappa shape index (κ1) is 15.5. The number of carboxylic acids is 1. The first-order valence-corrected chi connectivity index (χ1v) is 7.80. The lowest BCUT2D eigenvalue weighted by Gasteiger charge is -2.37. The van der Waals surface area contributed by atoms with E-state index in [9.17, 15) is 13.2 Å². The van der Waals surface area contributed by atoms with Crippen LogP contribution < -0.4 is 0 Å². The van der Waals surface area contributed by atoms with Crippen LogP contribution in [0.15, 0.2) is 17.0 Å². The molecule has 2 rings (SSSR count). The molecular weight excluding hydrogens is 329 g/mol. The van der Waals surface area contributed by atoms with E-state index >= 15 is 0 Å². The van der Waals surface area contributed by atoms with Crippen molar-refractivity contribution in [3.8, 4) is 0 Å². The van der Waals surface area contributed by atoms with Crippen LogP contribution in [-0.4, -0.2) is 48.6 Å². The molecule has 0 radical (unpaired) electrons. The minimum atomic E-state index is -3.88. The lowest BCUT2D eigenvalue weighted by Crippen LogP contribution is -2.51. The Bertz CT molecular complexity index is 655. The van der Waals surface area contributed by atoms with Gasteiger partial charge in [-0.15, -0.1) is 0 Å². The SMILES string of the molecule is O=C(O)c1cc(S(=O)(=O)N2CC(CO)C2)c(Cl)cc1Cl. The van der Waals surface area contributed by atoms with Crippen LogP contribution in [0.5, 0.6) is 0 Å². The Morgan fingerprint density at radius 3 is 2.40 bits per heavy atom. The molecule has 0 unspecified atom stereocenters. The van der Waals surface area contributed by atoms with E-state index in [1.165, 1.54) is 0 Å². The van der Waals surface area contributed by atoms with Crippen LogP contribution in [-0.2, 0) is 10.0 Å². The van der Waals surface area contributed by atoms with Gasteiger partial charge in [-0.2, -0.15) is 4.31 Å². The number of carbonyl (C=O) groups is 1. The Hall–Kier alpha value is -0.860. The summed E-state index contributed by atoms with van der Waals surface area (Å²) in [6, 6.07) is 2.05. The maximum Gasteiger partial charge on any atom is 0.337 e. The van der Waals surface area contributed by atoms with Crippen LogP contribution in [0.4, 0.5) is 0 Å². The van der Waals surface area contributed by atoms with Crippen molar-refractivity contribution in [2.45, 2.75) is 4.90 Å². The standard InChI is InChI=1S/C11H11Cl2NO5S/c12-8-2-9(13)10(1-7(8)11(16)17)20(18,19)14-3-6(4-14)5-15/h1-2,6,15H,3-5H2,(H,16,17). The van der Waals surface area contributed by atoms with Gasteiger partial charge >= 0.3 is 5.97 Å². The molecule has 0 saturated carbocycles. The van der Waals surface area contributed by atoms with Crippen LogP contribution in [0.3, 0.4) is 0 Å². The van der Waals surface area contributed by atoms with Crippen molar-refractivity contribution in [2.24, 2.45) is 5.92 Å². The van der Waals surface area contributed by atoms with Crippen LogP contribution in [0, 0.1) is 5.92 Å². The molecule has 1 aromatic rings. The van der Waals surface area contributed by atoms with E-state index in [0.29, 0.717) is 0 Å². The lowest BCUT2D eigenvalue weighted by molar-refractivity contribution is 0.0697. The Morgan fingerprint density at radius 1 is 1.30 bits per heavy atom. The van der Waals surface area contributed by atoms with Crippen molar-refractivity contribution in [3.05, 3.63) is 27.7 Å². The molecule has 0 bridgehead atoms. The highest BCUT2D eigenvalue weighted by atomic mass is 35.5. The summed E-state index contributed by atoms with van der Waals surface area (Å²) in [4.78, 5) is 10.7. The van der Waals surface area contributed by atoms with Gasteiger partial charge in [-0.3, -0.25) is 0 Å². The number of carboxylic acid groups (broad SMARTS) is 1. The quantitative estimate of drug-likeness (QED) is 0.862. The molecule has 110 valence electrons. The number of aliphatic hydroxyl groups excluding tert-OH is 1. The predicted octanol–water partition coefficient (Wildman–Crippen LogP) is 1.30. The van der Waals surface area contributed by atoms with Crippen molar-refractivity contribution in [3.63, 3.8) is 0 Å². The molecule has 6 nitrogen and oxygen atoms in total. The summed E-state index contributed by atoms with van der Waals surface area (Å²) in [5.74, 6) is -1.44. The smallest absolute Gasteiger partial charge is 0.337 e. The molecule has 2 N–H and O–H groups in total. The molecule has 1 saturated heterocycles. The van der Waals surface area contributed by atoms with Gasteiger partial charge in [0.05, 0.1) is 15.6 Å². The normalized spacial score (nSPS) is 16.9. The second-order valence-electron chi connectivity index (χ2n) is 4.44. The third-order valence-corrected chi connectivity index (χ3v) is 5.66. The summed E-state index contributed by atoms with van der Waals surface area (Å²) in [6.07, 6.45) is 0. The van der Waals surface area contributed by atoms with Gasteiger partial charge in [0.25, 0.3) is 0 Å².